The van der Waals surface area contributed by atoms with Gasteiger partial charge in [-0.3, -0.25) is 14.4 Å². The normalized spacial score (nSPS) is 22.4. The number of hydrogen-bond donors (Lipinski definition) is 3. The molecule has 2 aromatic heterocycles. The third-order valence-electron chi connectivity index (χ3n) is 14.4. The molecule has 2 bridgehead atoms. The molecule has 328 valence electrons. The predicted octanol–water partition coefficient (Wildman–Crippen LogP) is 8.11. The number of piperidine rings is 1. The van der Waals surface area contributed by atoms with Gasteiger partial charge in [-0.25, -0.2) is 14.8 Å². The number of fused-ring (bicyclic) bond motifs is 8. The van der Waals surface area contributed by atoms with Crippen LogP contribution in [0, 0.1) is 23.7 Å². The van der Waals surface area contributed by atoms with Crippen LogP contribution in [0.1, 0.15) is 88.9 Å². The fourth-order valence-corrected chi connectivity index (χ4v) is 11.2. The highest BCUT2D eigenvalue weighted by Crippen LogP contribution is 2.51. The highest BCUT2D eigenvalue weighted by atomic mass is 16.5. The molecule has 1 aliphatic carbocycles. The topological polar surface area (TPSA) is 172 Å². The Morgan fingerprint density at radius 1 is 0.794 bits per heavy atom. The van der Waals surface area contributed by atoms with Gasteiger partial charge >= 0.3 is 12.1 Å². The van der Waals surface area contributed by atoms with Crippen LogP contribution < -0.4 is 5.32 Å². The first-order chi connectivity index (χ1) is 30.6. The lowest BCUT2D eigenvalue weighted by molar-refractivity contribution is -0.152. The Balaban J connectivity index is 0.917. The molecule has 5 heterocycles. The third kappa shape index (κ3) is 7.35. The van der Waals surface area contributed by atoms with Gasteiger partial charge in [0, 0.05) is 36.6 Å². The van der Waals surface area contributed by atoms with Crippen LogP contribution in [0.4, 0.5) is 4.79 Å². The van der Waals surface area contributed by atoms with Gasteiger partial charge in [0.25, 0.3) is 0 Å². The molecule has 1 saturated carbocycles. The van der Waals surface area contributed by atoms with Crippen LogP contribution in [0.25, 0.3) is 54.7 Å². The summed E-state index contributed by atoms with van der Waals surface area (Å²) in [6.07, 6.45) is 5.58. The van der Waals surface area contributed by atoms with Crippen molar-refractivity contribution in [1.29, 1.82) is 0 Å². The molecule has 10 rings (SSSR count). The molecule has 3 amide bonds. The Morgan fingerprint density at radius 2 is 1.44 bits per heavy atom. The number of aromatic nitrogens is 4. The lowest BCUT2D eigenvalue weighted by atomic mass is 9.82. The molecule has 0 spiro atoms. The number of hydrogen-bond acceptors (Lipinski definition) is 9. The van der Waals surface area contributed by atoms with E-state index in [0.29, 0.717) is 25.7 Å². The number of aromatic amines is 2. The van der Waals surface area contributed by atoms with Gasteiger partial charge in [0.1, 0.15) is 17.7 Å². The van der Waals surface area contributed by atoms with Crippen LogP contribution in [0.3, 0.4) is 0 Å². The maximum absolute atomic E-state index is 14.6. The fourth-order valence-electron chi connectivity index (χ4n) is 11.2. The Hall–Kier alpha value is -6.02. The smallest absolute Gasteiger partial charge is 0.407 e. The molecule has 63 heavy (non-hydrogen) atoms. The molecule has 0 unspecified atom stereocenters. The van der Waals surface area contributed by atoms with E-state index in [2.05, 4.69) is 80.8 Å². The maximum atomic E-state index is 14.6. The van der Waals surface area contributed by atoms with Crippen LogP contribution in [0.2, 0.25) is 0 Å². The first-order valence-electron chi connectivity index (χ1n) is 22.6. The average Bonchev–Trinajstić information content (AvgIpc) is 4.17. The van der Waals surface area contributed by atoms with E-state index in [0.717, 1.165) is 111 Å². The molecule has 3 aliphatic heterocycles. The van der Waals surface area contributed by atoms with E-state index in [4.69, 9.17) is 24.2 Å². The predicted molar refractivity (Wildman–Crippen MR) is 238 cm³/mol. The number of esters is 1. The van der Waals surface area contributed by atoms with E-state index < -0.39 is 18.1 Å². The zero-order chi connectivity index (χ0) is 43.5. The molecule has 4 aliphatic rings. The summed E-state index contributed by atoms with van der Waals surface area (Å²) in [5.74, 6) is 0.960. The minimum absolute atomic E-state index is 0.0434. The van der Waals surface area contributed by atoms with Gasteiger partial charge in [-0.1, -0.05) is 50.2 Å². The highest BCUT2D eigenvalue weighted by molar-refractivity contribution is 6.07. The third-order valence-corrected chi connectivity index (χ3v) is 14.4. The van der Waals surface area contributed by atoms with Gasteiger partial charge in [0.15, 0.2) is 0 Å². The SMILES string of the molecule is COC(=O)C[C@H](C(=O)N1[C@@H]2CC[C@@H](C2)[C@H]1c1nc2c(ccc3cc(-c4ccc5c(ccc6[nH]c([C@@H]7CCCN7C(=O)[C@@H](NC(=O)OC)C(C)C)nc65)c4)ccc32)[nH]1)C1CCOCC1. The number of benzene rings is 4. The van der Waals surface area contributed by atoms with Gasteiger partial charge in [0.2, 0.25) is 11.8 Å². The van der Waals surface area contributed by atoms with Crippen molar-refractivity contribution >= 4 is 67.5 Å². The van der Waals surface area contributed by atoms with Crippen LogP contribution >= 0.6 is 0 Å². The van der Waals surface area contributed by atoms with Crippen molar-refractivity contribution in [1.82, 2.24) is 35.1 Å². The van der Waals surface area contributed by atoms with E-state index in [9.17, 15) is 19.2 Å². The molecule has 4 aromatic carbocycles. The van der Waals surface area contributed by atoms with E-state index in [1.807, 2.05) is 18.7 Å². The summed E-state index contributed by atoms with van der Waals surface area (Å²) in [5, 5.41) is 6.91. The maximum Gasteiger partial charge on any atom is 0.407 e. The number of H-pyrrole nitrogens is 2. The molecule has 14 heteroatoms. The highest BCUT2D eigenvalue weighted by Gasteiger charge is 2.52. The zero-order valence-electron chi connectivity index (χ0n) is 36.3. The summed E-state index contributed by atoms with van der Waals surface area (Å²) < 4.78 is 15.5. The minimum Gasteiger partial charge on any atom is -0.469 e. The van der Waals surface area contributed by atoms with E-state index >= 15 is 0 Å². The molecule has 4 fully saturated rings. The largest absolute Gasteiger partial charge is 0.469 e. The number of alkyl carbamates (subject to hydrolysis) is 1. The van der Waals surface area contributed by atoms with Gasteiger partial charge in [-0.15, -0.1) is 0 Å². The van der Waals surface area contributed by atoms with E-state index in [-0.39, 0.29) is 54.2 Å². The fraction of sp³-hybridized carbons (Fsp3) is 0.469. The first-order valence-corrected chi connectivity index (χ1v) is 22.6. The number of likely N-dealkylation sites (tertiary alicyclic amines) is 2. The summed E-state index contributed by atoms with van der Waals surface area (Å²) in [6.45, 7) is 5.62. The minimum atomic E-state index is -0.698. The van der Waals surface area contributed by atoms with Crippen molar-refractivity contribution in [3.63, 3.8) is 0 Å². The molecule has 14 nitrogen and oxygen atoms in total. The van der Waals surface area contributed by atoms with Crippen LogP contribution in [0.5, 0.6) is 0 Å². The van der Waals surface area contributed by atoms with Crippen molar-refractivity contribution < 1.29 is 33.4 Å². The number of methoxy groups -OCH3 is 2. The molecular formula is C49H55N7O7. The standard InChI is InChI=1S/C49H55N7O7/c1-26(2)41(54-49(60)62-4)48(59)55-19-5-6-39(55)45-50-37-15-10-30-22-28(8-13-34(30)42(37)52-45)29-9-14-35-31(23-29)11-16-38-43(35)53-46(51-38)44-32-7-12-33(24-32)56(44)47(58)36(25-40(57)61-3)27-17-20-63-21-18-27/h8-11,13-16,22-23,26-27,32-33,36,39,41,44H,5-7,12,17-21,24-25H2,1-4H3,(H,50,52)(H,51,53)(H,54,60)/t32-,33+,36-,39-,41-,44-/m0/s1. The first kappa shape index (κ1) is 41.0. The van der Waals surface area contributed by atoms with Crippen molar-refractivity contribution in [3.8, 4) is 11.1 Å². The monoisotopic (exact) mass is 853 g/mol. The number of nitrogens with one attached hydrogen (secondary N) is 3. The average molecular weight is 854 g/mol. The zero-order valence-corrected chi connectivity index (χ0v) is 36.3. The Bertz CT molecular complexity index is 2750. The van der Waals surface area contributed by atoms with Crippen molar-refractivity contribution in [2.45, 2.75) is 89.4 Å². The summed E-state index contributed by atoms with van der Waals surface area (Å²) in [4.78, 5) is 74.5. The summed E-state index contributed by atoms with van der Waals surface area (Å²) in [6, 6.07) is 20.4. The molecular weight excluding hydrogens is 799 g/mol. The van der Waals surface area contributed by atoms with Crippen LogP contribution in [-0.4, -0.2) is 99.7 Å². The Labute approximate surface area is 365 Å². The number of carbonyl (C=O) groups is 4. The van der Waals surface area contributed by atoms with Gasteiger partial charge in [-0.2, -0.15) is 0 Å². The molecule has 0 radical (unpaired) electrons. The molecule has 3 saturated heterocycles. The van der Waals surface area contributed by atoms with Crippen molar-refractivity contribution in [3.05, 3.63) is 72.3 Å². The lowest BCUT2D eigenvalue weighted by Crippen LogP contribution is -2.51. The molecule has 6 aromatic rings. The summed E-state index contributed by atoms with van der Waals surface area (Å²) in [7, 11) is 2.69. The molecule has 6 atom stereocenters. The number of nitrogens with zero attached hydrogens (tertiary/aromatic N) is 4. The van der Waals surface area contributed by atoms with Crippen LogP contribution in [-0.2, 0) is 28.6 Å². The number of ether oxygens (including phenoxy) is 3. The van der Waals surface area contributed by atoms with Crippen molar-refractivity contribution in [2.24, 2.45) is 23.7 Å². The molecule has 3 N–H and O–H groups in total. The second kappa shape index (κ2) is 16.6. The summed E-state index contributed by atoms with van der Waals surface area (Å²) >= 11 is 0. The van der Waals surface area contributed by atoms with Gasteiger partial charge in [-0.05, 0) is 109 Å². The van der Waals surface area contributed by atoms with Crippen LogP contribution in [0.15, 0.2) is 60.7 Å². The lowest BCUT2D eigenvalue weighted by Gasteiger charge is -2.39. The number of amides is 3. The number of rotatable bonds is 10. The summed E-state index contributed by atoms with van der Waals surface area (Å²) in [5.41, 5.74) is 5.75. The quantitative estimate of drug-likeness (QED) is 0.115. The number of carbonyl (C=O) groups excluding carboxylic acids is 4. The Morgan fingerprint density at radius 3 is 2.08 bits per heavy atom. The second-order valence-electron chi connectivity index (χ2n) is 18.3. The van der Waals surface area contributed by atoms with Crippen molar-refractivity contribution in [2.75, 3.05) is 34.0 Å². The van der Waals surface area contributed by atoms with Gasteiger partial charge < -0.3 is 39.3 Å². The number of imidazole rings is 2. The second-order valence-corrected chi connectivity index (χ2v) is 18.3. The Kier molecular flexibility index (Phi) is 10.8. The van der Waals surface area contributed by atoms with Gasteiger partial charge in [0.05, 0.1) is 60.7 Å². The van der Waals surface area contributed by atoms with E-state index in [1.54, 1.807) is 0 Å². The van der Waals surface area contributed by atoms with E-state index in [1.165, 1.54) is 14.2 Å².